The van der Waals surface area contributed by atoms with E-state index in [1.165, 1.54) is 0 Å². The van der Waals surface area contributed by atoms with Crippen molar-refractivity contribution < 1.29 is 18.6 Å². The van der Waals surface area contributed by atoms with Crippen molar-refractivity contribution in [2.24, 2.45) is 5.73 Å². The van der Waals surface area contributed by atoms with Crippen LogP contribution in [0.15, 0.2) is 17.3 Å². The molecular formula is C8H8ClF3N3S+. The molecule has 0 aromatic carbocycles. The van der Waals surface area contributed by atoms with E-state index < -0.39 is 11.7 Å². The second-order valence-corrected chi connectivity index (χ2v) is 4.24. The maximum atomic E-state index is 12.3. The van der Waals surface area contributed by atoms with E-state index in [2.05, 4.69) is 4.98 Å². The minimum absolute atomic E-state index is 0.0684. The van der Waals surface area contributed by atoms with Gasteiger partial charge in [-0.2, -0.15) is 13.2 Å². The Morgan fingerprint density at radius 3 is 2.62 bits per heavy atom. The van der Waals surface area contributed by atoms with Crippen LogP contribution in [0.25, 0.3) is 0 Å². The lowest BCUT2D eigenvalue weighted by molar-refractivity contribution is -0.137. The van der Waals surface area contributed by atoms with Crippen LogP contribution >= 0.6 is 23.4 Å². The van der Waals surface area contributed by atoms with Crippen LogP contribution in [0.2, 0.25) is 5.02 Å². The third kappa shape index (κ3) is 3.57. The number of hydrogen-bond donors (Lipinski definition) is 2. The first kappa shape index (κ1) is 13.1. The van der Waals surface area contributed by atoms with E-state index in [1.807, 2.05) is 0 Å². The first-order valence-electron chi connectivity index (χ1n) is 4.03. The fraction of sp³-hybridized carbons (Fsp3) is 0.250. The third-order valence-electron chi connectivity index (χ3n) is 1.51. The van der Waals surface area contributed by atoms with Gasteiger partial charge >= 0.3 is 6.18 Å². The number of rotatable bonds is 3. The summed E-state index contributed by atoms with van der Waals surface area (Å²) in [5.74, 6) is 0.403. The molecule has 0 fully saturated rings. The van der Waals surface area contributed by atoms with E-state index in [9.17, 15) is 13.2 Å². The molecular weight excluding hydrogens is 263 g/mol. The van der Waals surface area contributed by atoms with Crippen LogP contribution in [0.5, 0.6) is 0 Å². The Morgan fingerprint density at radius 2 is 2.19 bits per heavy atom. The SMILES string of the molecule is NC(=[NH2+])CSc1ncc(C(F)(F)F)cc1Cl. The predicted molar refractivity (Wildman–Crippen MR) is 56.1 cm³/mol. The Hall–Kier alpha value is -0.950. The molecule has 16 heavy (non-hydrogen) atoms. The number of halogens is 4. The minimum atomic E-state index is -4.45. The van der Waals surface area contributed by atoms with Gasteiger partial charge in [0.05, 0.1) is 16.3 Å². The Labute approximate surface area is 98.7 Å². The summed E-state index contributed by atoms with van der Waals surface area (Å²) in [5, 5.41) is 5.41. The number of pyridine rings is 1. The molecule has 1 aromatic heterocycles. The Balaban J connectivity index is 2.88. The minimum Gasteiger partial charge on any atom is -0.291 e. The highest BCUT2D eigenvalue weighted by Gasteiger charge is 2.31. The molecule has 4 N–H and O–H groups in total. The molecule has 1 rings (SSSR count). The smallest absolute Gasteiger partial charge is 0.291 e. The van der Waals surface area contributed by atoms with E-state index in [-0.39, 0.29) is 21.6 Å². The average molecular weight is 271 g/mol. The number of nitrogens with zero attached hydrogens (tertiary/aromatic N) is 1. The van der Waals surface area contributed by atoms with E-state index >= 15 is 0 Å². The van der Waals surface area contributed by atoms with Gasteiger partial charge in [0.25, 0.3) is 0 Å². The molecule has 1 aromatic rings. The van der Waals surface area contributed by atoms with Gasteiger partial charge in [-0.1, -0.05) is 23.4 Å². The third-order valence-corrected chi connectivity index (χ3v) is 2.99. The fourth-order valence-electron chi connectivity index (χ4n) is 0.838. The van der Waals surface area contributed by atoms with Gasteiger partial charge in [0, 0.05) is 6.20 Å². The summed E-state index contributed by atoms with van der Waals surface area (Å²) in [6.45, 7) is 0. The molecule has 88 valence electrons. The Morgan fingerprint density at radius 1 is 1.56 bits per heavy atom. The number of hydrogen-bond acceptors (Lipinski definition) is 2. The summed E-state index contributed by atoms with van der Waals surface area (Å²) in [4.78, 5) is 3.60. The maximum absolute atomic E-state index is 12.3. The number of amidine groups is 1. The van der Waals surface area contributed by atoms with Gasteiger partial charge in [0.15, 0.2) is 0 Å². The van der Waals surface area contributed by atoms with E-state index in [4.69, 9.17) is 22.7 Å². The highest BCUT2D eigenvalue weighted by Crippen LogP contribution is 2.33. The molecule has 0 spiro atoms. The van der Waals surface area contributed by atoms with Crippen molar-refractivity contribution in [1.82, 2.24) is 4.98 Å². The summed E-state index contributed by atoms with van der Waals surface area (Å²) < 4.78 is 36.8. The van der Waals surface area contributed by atoms with Gasteiger partial charge in [-0.25, -0.2) is 4.98 Å². The van der Waals surface area contributed by atoms with Crippen molar-refractivity contribution in [2.45, 2.75) is 11.2 Å². The zero-order valence-corrected chi connectivity index (χ0v) is 9.46. The summed E-state index contributed by atoms with van der Waals surface area (Å²) in [6.07, 6.45) is -3.72. The van der Waals surface area contributed by atoms with Crippen molar-refractivity contribution in [2.75, 3.05) is 5.75 Å². The van der Waals surface area contributed by atoms with Crippen LogP contribution < -0.4 is 11.1 Å². The molecule has 0 aliphatic carbocycles. The van der Waals surface area contributed by atoms with E-state index in [0.29, 0.717) is 0 Å². The lowest BCUT2D eigenvalue weighted by atomic mass is 10.3. The number of aromatic nitrogens is 1. The summed E-state index contributed by atoms with van der Waals surface area (Å²) >= 11 is 6.72. The van der Waals surface area contributed by atoms with Crippen LogP contribution in [-0.2, 0) is 6.18 Å². The molecule has 0 bridgehead atoms. The molecule has 0 unspecified atom stereocenters. The van der Waals surface area contributed by atoms with Gasteiger partial charge < -0.3 is 0 Å². The van der Waals surface area contributed by atoms with Gasteiger partial charge in [-0.15, -0.1) is 0 Å². The number of alkyl halides is 3. The molecule has 1 heterocycles. The van der Waals surface area contributed by atoms with Crippen LogP contribution in [0.3, 0.4) is 0 Å². The summed E-state index contributed by atoms with van der Waals surface area (Å²) in [5.41, 5.74) is 4.33. The quantitative estimate of drug-likeness (QED) is 0.489. The Bertz CT molecular complexity index is 408. The summed E-state index contributed by atoms with van der Waals surface area (Å²) in [6, 6.07) is 0.823. The Kier molecular flexibility index (Phi) is 4.03. The number of nitrogens with two attached hydrogens (primary N) is 2. The maximum Gasteiger partial charge on any atom is 0.417 e. The predicted octanol–water partition coefficient (Wildman–Crippen LogP) is 0.962. The van der Waals surface area contributed by atoms with Crippen molar-refractivity contribution in [3.8, 4) is 0 Å². The lowest BCUT2D eigenvalue weighted by Gasteiger charge is -2.07. The molecule has 0 radical (unpaired) electrons. The zero-order chi connectivity index (χ0) is 12.3. The van der Waals surface area contributed by atoms with Crippen LogP contribution in [0.1, 0.15) is 5.56 Å². The average Bonchev–Trinajstić information content (AvgIpc) is 2.14. The molecule has 0 atom stereocenters. The second-order valence-electron chi connectivity index (χ2n) is 2.87. The fourth-order valence-corrected chi connectivity index (χ4v) is 1.80. The topological polar surface area (TPSA) is 64.5 Å². The molecule has 0 aliphatic heterocycles. The molecule has 8 heteroatoms. The normalized spacial score (nSPS) is 11.5. The summed E-state index contributed by atoms with van der Waals surface area (Å²) in [7, 11) is 0. The van der Waals surface area contributed by atoms with Gasteiger partial charge in [-0.05, 0) is 6.07 Å². The molecule has 0 saturated carbocycles. The largest absolute Gasteiger partial charge is 0.417 e. The van der Waals surface area contributed by atoms with Crippen LogP contribution in [0.4, 0.5) is 13.2 Å². The molecule has 0 saturated heterocycles. The first-order valence-corrected chi connectivity index (χ1v) is 5.39. The van der Waals surface area contributed by atoms with Crippen molar-refractivity contribution in [3.05, 3.63) is 22.8 Å². The second kappa shape index (κ2) is 4.92. The lowest BCUT2D eigenvalue weighted by Crippen LogP contribution is -2.47. The van der Waals surface area contributed by atoms with Gasteiger partial charge in [0.1, 0.15) is 5.03 Å². The molecule has 0 aliphatic rings. The van der Waals surface area contributed by atoms with E-state index in [0.717, 1.165) is 24.0 Å². The van der Waals surface area contributed by atoms with E-state index in [1.54, 1.807) is 0 Å². The van der Waals surface area contributed by atoms with Gasteiger partial charge in [0.2, 0.25) is 5.84 Å². The van der Waals surface area contributed by atoms with Crippen LogP contribution in [0, 0.1) is 0 Å². The highest BCUT2D eigenvalue weighted by molar-refractivity contribution is 8.00. The number of thioether (sulfide) groups is 1. The standard InChI is InChI=1S/C8H7ClF3N3S/c9-5-1-4(8(10,11)12)2-15-7(5)16-3-6(13)14/h1-2H,3H2,(H3,13,14)/p+1. The molecule has 0 amide bonds. The highest BCUT2D eigenvalue weighted by atomic mass is 35.5. The van der Waals surface area contributed by atoms with Crippen molar-refractivity contribution in [3.63, 3.8) is 0 Å². The van der Waals surface area contributed by atoms with Gasteiger partial charge in [-0.3, -0.25) is 11.1 Å². The zero-order valence-electron chi connectivity index (χ0n) is 7.88. The molecule has 3 nitrogen and oxygen atoms in total. The first-order chi connectivity index (χ1) is 7.30. The van der Waals surface area contributed by atoms with Crippen molar-refractivity contribution >= 4 is 29.2 Å². The van der Waals surface area contributed by atoms with Crippen molar-refractivity contribution in [1.29, 1.82) is 0 Å². The van der Waals surface area contributed by atoms with Crippen LogP contribution in [-0.4, -0.2) is 16.6 Å². The monoisotopic (exact) mass is 270 g/mol.